The van der Waals surface area contributed by atoms with Crippen molar-refractivity contribution in [1.29, 1.82) is 0 Å². The first-order valence-electron chi connectivity index (χ1n) is 7.92. The van der Waals surface area contributed by atoms with Crippen molar-refractivity contribution in [3.63, 3.8) is 0 Å². The largest absolute Gasteiger partial charge is 0.385 e. The number of nitrogens with one attached hydrogen (secondary N) is 2. The van der Waals surface area contributed by atoms with Gasteiger partial charge in [0.2, 0.25) is 0 Å². The van der Waals surface area contributed by atoms with Crippen LogP contribution in [-0.4, -0.2) is 64.3 Å². The molecule has 0 saturated carbocycles. The van der Waals surface area contributed by atoms with Crippen molar-refractivity contribution in [2.24, 2.45) is 10.9 Å². The Kier molecular flexibility index (Phi) is 13.5. The van der Waals surface area contributed by atoms with Crippen LogP contribution in [0.5, 0.6) is 0 Å². The Balaban J connectivity index is 0.00000400. The summed E-state index contributed by atoms with van der Waals surface area (Å²) in [6.07, 6.45) is 5.13. The molecule has 21 heavy (non-hydrogen) atoms. The summed E-state index contributed by atoms with van der Waals surface area (Å²) in [5, 5.41) is 6.72. The van der Waals surface area contributed by atoms with Gasteiger partial charge in [-0.1, -0.05) is 13.3 Å². The molecule has 1 unspecified atom stereocenters. The molecule has 1 aliphatic rings. The lowest BCUT2D eigenvalue weighted by Crippen LogP contribution is -2.42. The van der Waals surface area contributed by atoms with Gasteiger partial charge in [0.25, 0.3) is 0 Å². The number of hydrogen-bond acceptors (Lipinski definition) is 3. The number of guanidine groups is 1. The normalized spacial score (nSPS) is 18.0. The Morgan fingerprint density at radius 1 is 1.24 bits per heavy atom. The van der Waals surface area contributed by atoms with Gasteiger partial charge >= 0.3 is 0 Å². The molecule has 0 aliphatic carbocycles. The van der Waals surface area contributed by atoms with Gasteiger partial charge in [-0.2, -0.15) is 0 Å². The highest BCUT2D eigenvalue weighted by molar-refractivity contribution is 14.0. The zero-order valence-corrected chi connectivity index (χ0v) is 16.2. The highest BCUT2D eigenvalue weighted by atomic mass is 127. The number of aliphatic imine (C=N–C) groups is 1. The second-order valence-corrected chi connectivity index (χ2v) is 5.69. The van der Waals surface area contributed by atoms with E-state index in [4.69, 9.17) is 4.74 Å². The molecule has 1 aliphatic heterocycles. The quantitative estimate of drug-likeness (QED) is 0.277. The monoisotopic (exact) mass is 412 g/mol. The van der Waals surface area contributed by atoms with E-state index in [2.05, 4.69) is 27.4 Å². The number of piperidine rings is 1. The van der Waals surface area contributed by atoms with Crippen molar-refractivity contribution in [2.45, 2.75) is 32.6 Å². The van der Waals surface area contributed by atoms with Crippen molar-refractivity contribution in [2.75, 3.05) is 53.5 Å². The van der Waals surface area contributed by atoms with E-state index in [0.29, 0.717) is 5.92 Å². The molecule has 0 bridgehead atoms. The van der Waals surface area contributed by atoms with Gasteiger partial charge < -0.3 is 20.3 Å². The van der Waals surface area contributed by atoms with E-state index in [9.17, 15) is 0 Å². The number of methoxy groups -OCH3 is 1. The van der Waals surface area contributed by atoms with E-state index in [1.54, 1.807) is 7.11 Å². The average Bonchev–Trinajstić information content (AvgIpc) is 2.47. The maximum atomic E-state index is 5.03. The molecule has 0 aromatic heterocycles. The van der Waals surface area contributed by atoms with Crippen LogP contribution in [0.25, 0.3) is 0 Å². The van der Waals surface area contributed by atoms with Crippen molar-refractivity contribution in [3.05, 3.63) is 0 Å². The standard InChI is InChI=1S/C15H32N4O.HI/c1-14(13-19-9-5-4-6-10-19)12-18-15(16-2)17-8-7-11-20-3;/h14H,4-13H2,1-3H3,(H2,16,17,18);1H. The summed E-state index contributed by atoms with van der Waals surface area (Å²) < 4.78 is 5.03. The fraction of sp³-hybridized carbons (Fsp3) is 0.933. The fourth-order valence-corrected chi connectivity index (χ4v) is 2.56. The predicted octanol–water partition coefficient (Wildman–Crippen LogP) is 1.93. The number of halogens is 1. The second kappa shape index (κ2) is 13.6. The zero-order valence-electron chi connectivity index (χ0n) is 13.9. The molecule has 1 rings (SSSR count). The molecular formula is C15H33IN4O. The van der Waals surface area contributed by atoms with Crippen LogP contribution in [0.15, 0.2) is 4.99 Å². The first-order chi connectivity index (χ1) is 9.76. The molecule has 1 saturated heterocycles. The van der Waals surface area contributed by atoms with Crippen LogP contribution in [-0.2, 0) is 4.74 Å². The Labute approximate surface area is 147 Å². The Morgan fingerprint density at radius 3 is 2.57 bits per heavy atom. The molecular weight excluding hydrogens is 379 g/mol. The Bertz CT molecular complexity index is 270. The Hall–Kier alpha value is -0.0800. The van der Waals surface area contributed by atoms with Crippen LogP contribution in [0.3, 0.4) is 0 Å². The lowest BCUT2D eigenvalue weighted by atomic mass is 10.1. The summed E-state index contributed by atoms with van der Waals surface area (Å²) in [5.41, 5.74) is 0. The van der Waals surface area contributed by atoms with Crippen molar-refractivity contribution in [3.8, 4) is 0 Å². The molecule has 1 fully saturated rings. The van der Waals surface area contributed by atoms with Gasteiger partial charge in [-0.3, -0.25) is 4.99 Å². The summed E-state index contributed by atoms with van der Waals surface area (Å²) in [5.74, 6) is 1.54. The van der Waals surface area contributed by atoms with Crippen LogP contribution in [0.4, 0.5) is 0 Å². The molecule has 1 atom stereocenters. The molecule has 6 heteroatoms. The van der Waals surface area contributed by atoms with Crippen LogP contribution >= 0.6 is 24.0 Å². The number of ether oxygens (including phenoxy) is 1. The van der Waals surface area contributed by atoms with Gasteiger partial charge in [0, 0.05) is 40.4 Å². The summed E-state index contributed by atoms with van der Waals surface area (Å²) in [6.45, 7) is 8.69. The van der Waals surface area contributed by atoms with Crippen molar-refractivity contribution in [1.82, 2.24) is 15.5 Å². The summed E-state index contributed by atoms with van der Waals surface area (Å²) in [4.78, 5) is 6.83. The smallest absolute Gasteiger partial charge is 0.190 e. The minimum atomic E-state index is 0. The molecule has 126 valence electrons. The summed E-state index contributed by atoms with van der Waals surface area (Å²) in [6, 6.07) is 0. The number of hydrogen-bond donors (Lipinski definition) is 2. The lowest BCUT2D eigenvalue weighted by Gasteiger charge is -2.29. The molecule has 0 amide bonds. The van der Waals surface area contributed by atoms with Gasteiger partial charge in [0.05, 0.1) is 0 Å². The third-order valence-corrected chi connectivity index (χ3v) is 3.68. The maximum Gasteiger partial charge on any atom is 0.190 e. The average molecular weight is 412 g/mol. The van der Waals surface area contributed by atoms with Gasteiger partial charge in [-0.05, 0) is 38.3 Å². The highest BCUT2D eigenvalue weighted by Gasteiger charge is 2.13. The molecule has 2 N–H and O–H groups in total. The minimum Gasteiger partial charge on any atom is -0.385 e. The second-order valence-electron chi connectivity index (χ2n) is 5.69. The predicted molar refractivity (Wildman–Crippen MR) is 101 cm³/mol. The molecule has 5 nitrogen and oxygen atoms in total. The third kappa shape index (κ3) is 10.3. The topological polar surface area (TPSA) is 48.9 Å². The van der Waals surface area contributed by atoms with E-state index >= 15 is 0 Å². The van der Waals surface area contributed by atoms with Gasteiger partial charge in [-0.25, -0.2) is 0 Å². The third-order valence-electron chi connectivity index (χ3n) is 3.68. The maximum absolute atomic E-state index is 5.03. The van der Waals surface area contributed by atoms with Crippen LogP contribution < -0.4 is 10.6 Å². The first kappa shape index (κ1) is 20.9. The Morgan fingerprint density at radius 2 is 1.95 bits per heavy atom. The van der Waals surface area contributed by atoms with Crippen LogP contribution in [0.2, 0.25) is 0 Å². The number of rotatable bonds is 8. The zero-order chi connectivity index (χ0) is 14.6. The van der Waals surface area contributed by atoms with Gasteiger partial charge in [0.1, 0.15) is 0 Å². The first-order valence-corrected chi connectivity index (χ1v) is 7.92. The fourth-order valence-electron chi connectivity index (χ4n) is 2.56. The van der Waals surface area contributed by atoms with E-state index in [0.717, 1.165) is 32.1 Å². The summed E-state index contributed by atoms with van der Waals surface area (Å²) in [7, 11) is 3.55. The number of nitrogens with zero attached hydrogens (tertiary/aromatic N) is 2. The minimum absolute atomic E-state index is 0. The molecule has 0 aromatic carbocycles. The molecule has 0 radical (unpaired) electrons. The number of likely N-dealkylation sites (tertiary alicyclic amines) is 1. The lowest BCUT2D eigenvalue weighted by molar-refractivity contribution is 0.195. The molecule has 0 spiro atoms. The van der Waals surface area contributed by atoms with Crippen molar-refractivity contribution < 1.29 is 4.74 Å². The van der Waals surface area contributed by atoms with E-state index in [-0.39, 0.29) is 24.0 Å². The molecule has 1 heterocycles. The van der Waals surface area contributed by atoms with Crippen LogP contribution in [0, 0.1) is 5.92 Å². The molecule has 0 aromatic rings. The van der Waals surface area contributed by atoms with Crippen molar-refractivity contribution >= 4 is 29.9 Å². The van der Waals surface area contributed by atoms with Crippen LogP contribution in [0.1, 0.15) is 32.6 Å². The van der Waals surface area contributed by atoms with E-state index in [1.807, 2.05) is 7.05 Å². The van der Waals surface area contributed by atoms with E-state index in [1.165, 1.54) is 38.9 Å². The SMILES string of the molecule is CN=C(NCCCOC)NCC(C)CN1CCCCC1.I. The highest BCUT2D eigenvalue weighted by Crippen LogP contribution is 2.10. The summed E-state index contributed by atoms with van der Waals surface area (Å²) >= 11 is 0. The van der Waals surface area contributed by atoms with E-state index < -0.39 is 0 Å². The van der Waals surface area contributed by atoms with Gasteiger partial charge in [-0.15, -0.1) is 24.0 Å². The van der Waals surface area contributed by atoms with Gasteiger partial charge in [0.15, 0.2) is 5.96 Å².